The lowest BCUT2D eigenvalue weighted by atomic mass is 10.1. The first-order valence-electron chi connectivity index (χ1n) is 9.85. The minimum atomic E-state index is 0.313. The van der Waals surface area contributed by atoms with Crippen molar-refractivity contribution in [3.05, 3.63) is 64.8 Å². The number of hydrogen-bond acceptors (Lipinski definition) is 1. The van der Waals surface area contributed by atoms with E-state index in [9.17, 15) is 0 Å². The number of fused-ring (bicyclic) bond motifs is 1. The first-order chi connectivity index (χ1) is 13.4. The Labute approximate surface area is 178 Å². The number of rotatable bonds is 6. The van der Waals surface area contributed by atoms with Crippen LogP contribution in [0.4, 0.5) is 5.69 Å². The molecule has 0 aliphatic heterocycles. The van der Waals surface area contributed by atoms with Crippen LogP contribution in [0.5, 0.6) is 0 Å². The summed E-state index contributed by atoms with van der Waals surface area (Å²) in [7, 11) is 0. The fourth-order valence-electron chi connectivity index (χ4n) is 3.45. The van der Waals surface area contributed by atoms with Gasteiger partial charge in [-0.15, -0.1) is 0 Å². The third-order valence-electron chi connectivity index (χ3n) is 5.30. The molecule has 0 saturated carbocycles. The van der Waals surface area contributed by atoms with Crippen molar-refractivity contribution in [2.24, 2.45) is 0 Å². The lowest BCUT2D eigenvalue weighted by Gasteiger charge is -2.31. The Morgan fingerprint density at radius 2 is 1.96 bits per heavy atom. The van der Waals surface area contributed by atoms with Gasteiger partial charge < -0.3 is 14.8 Å². The van der Waals surface area contributed by atoms with Crippen molar-refractivity contribution in [3.63, 3.8) is 0 Å². The Hall–Kier alpha value is -2.04. The van der Waals surface area contributed by atoms with Gasteiger partial charge in [-0.1, -0.05) is 42.8 Å². The van der Waals surface area contributed by atoms with Crippen LogP contribution in [-0.2, 0) is 13.1 Å². The molecule has 3 aromatic rings. The number of nitrogens with one attached hydrogen (secondary N) is 1. The molecule has 3 rings (SSSR count). The molecule has 148 valence electrons. The van der Waals surface area contributed by atoms with Crippen molar-refractivity contribution in [1.29, 1.82) is 0 Å². The van der Waals surface area contributed by atoms with Gasteiger partial charge in [0.25, 0.3) is 0 Å². The minimum absolute atomic E-state index is 0.313. The molecular formula is C23H28ClN3S. The van der Waals surface area contributed by atoms with E-state index in [1.807, 2.05) is 25.1 Å². The normalized spacial score (nSPS) is 12.2. The summed E-state index contributed by atoms with van der Waals surface area (Å²) in [6.07, 6.45) is 3.26. The molecule has 3 nitrogen and oxygen atoms in total. The molecule has 0 amide bonds. The SMILES string of the molecule is CC[C@H](C)N(Cc1cn(CC)c2ccccc12)C(=S)Nc1ccc(C)cc1Cl. The second kappa shape index (κ2) is 8.97. The predicted molar refractivity (Wildman–Crippen MR) is 125 cm³/mol. The summed E-state index contributed by atoms with van der Waals surface area (Å²) in [5.41, 5.74) is 4.54. The number of thiocarbonyl (C=S) groups is 1. The van der Waals surface area contributed by atoms with E-state index < -0.39 is 0 Å². The Morgan fingerprint density at radius 3 is 2.64 bits per heavy atom. The summed E-state index contributed by atoms with van der Waals surface area (Å²) in [5, 5.41) is 6.04. The average molecular weight is 414 g/mol. The van der Waals surface area contributed by atoms with Crippen LogP contribution in [0.3, 0.4) is 0 Å². The van der Waals surface area contributed by atoms with Crippen LogP contribution < -0.4 is 5.32 Å². The molecule has 0 spiro atoms. The zero-order valence-electron chi connectivity index (χ0n) is 17.0. The first-order valence-corrected chi connectivity index (χ1v) is 10.6. The molecule has 1 atom stereocenters. The number of para-hydroxylation sites is 1. The van der Waals surface area contributed by atoms with Gasteiger partial charge in [-0.3, -0.25) is 0 Å². The van der Waals surface area contributed by atoms with E-state index in [0.29, 0.717) is 16.2 Å². The van der Waals surface area contributed by atoms with Crippen molar-refractivity contribution in [2.75, 3.05) is 5.32 Å². The van der Waals surface area contributed by atoms with E-state index in [-0.39, 0.29) is 0 Å². The van der Waals surface area contributed by atoms with Gasteiger partial charge in [0.05, 0.1) is 10.7 Å². The molecule has 0 radical (unpaired) electrons. The zero-order valence-corrected chi connectivity index (χ0v) is 18.6. The fourth-order valence-corrected chi connectivity index (χ4v) is 4.09. The first kappa shape index (κ1) is 20.7. The van der Waals surface area contributed by atoms with Gasteiger partial charge in [0.15, 0.2) is 5.11 Å². The molecule has 0 aliphatic rings. The van der Waals surface area contributed by atoms with E-state index in [2.05, 4.69) is 66.0 Å². The summed E-state index contributed by atoms with van der Waals surface area (Å²) in [6.45, 7) is 10.3. The van der Waals surface area contributed by atoms with Crippen LogP contribution >= 0.6 is 23.8 Å². The van der Waals surface area contributed by atoms with Crippen LogP contribution in [0.15, 0.2) is 48.7 Å². The number of aryl methyl sites for hydroxylation is 2. The van der Waals surface area contributed by atoms with Crippen LogP contribution in [-0.4, -0.2) is 20.6 Å². The molecule has 1 heterocycles. The Bertz CT molecular complexity index is 979. The third-order valence-corrected chi connectivity index (χ3v) is 5.95. The molecule has 28 heavy (non-hydrogen) atoms. The van der Waals surface area contributed by atoms with Crippen LogP contribution in [0.1, 0.15) is 38.3 Å². The quantitative estimate of drug-likeness (QED) is 0.458. The van der Waals surface area contributed by atoms with Gasteiger partial charge in [0.1, 0.15) is 0 Å². The summed E-state index contributed by atoms with van der Waals surface area (Å²) >= 11 is 12.2. The number of nitrogens with zero attached hydrogens (tertiary/aromatic N) is 2. The molecule has 1 N–H and O–H groups in total. The lowest BCUT2D eigenvalue weighted by Crippen LogP contribution is -2.40. The maximum atomic E-state index is 6.41. The van der Waals surface area contributed by atoms with E-state index in [0.717, 1.165) is 30.8 Å². The molecule has 0 aliphatic carbocycles. The summed E-state index contributed by atoms with van der Waals surface area (Å²) in [5.74, 6) is 0. The second-order valence-electron chi connectivity index (χ2n) is 7.26. The van der Waals surface area contributed by atoms with E-state index in [1.165, 1.54) is 16.5 Å². The predicted octanol–water partition coefficient (Wildman–Crippen LogP) is 6.62. The monoisotopic (exact) mass is 413 g/mol. The molecule has 0 saturated heterocycles. The number of benzene rings is 2. The molecule has 5 heteroatoms. The van der Waals surface area contributed by atoms with Crippen molar-refractivity contribution in [2.45, 2.75) is 53.2 Å². The molecular weight excluding hydrogens is 386 g/mol. The van der Waals surface area contributed by atoms with Gasteiger partial charge >= 0.3 is 0 Å². The van der Waals surface area contributed by atoms with Crippen LogP contribution in [0.25, 0.3) is 10.9 Å². The van der Waals surface area contributed by atoms with Gasteiger partial charge in [-0.2, -0.15) is 0 Å². The zero-order chi connectivity index (χ0) is 20.3. The summed E-state index contributed by atoms with van der Waals surface area (Å²) < 4.78 is 2.30. The molecule has 1 aromatic heterocycles. The number of halogens is 1. The van der Waals surface area contributed by atoms with E-state index >= 15 is 0 Å². The maximum absolute atomic E-state index is 6.41. The molecule has 0 fully saturated rings. The lowest BCUT2D eigenvalue weighted by molar-refractivity contribution is 0.320. The van der Waals surface area contributed by atoms with Gasteiger partial charge in [-0.05, 0) is 68.7 Å². The highest BCUT2D eigenvalue weighted by molar-refractivity contribution is 7.80. The smallest absolute Gasteiger partial charge is 0.174 e. The number of hydrogen-bond donors (Lipinski definition) is 1. The van der Waals surface area contributed by atoms with Crippen molar-refractivity contribution in [3.8, 4) is 0 Å². The second-order valence-corrected chi connectivity index (χ2v) is 8.05. The van der Waals surface area contributed by atoms with E-state index in [4.69, 9.17) is 23.8 Å². The van der Waals surface area contributed by atoms with Crippen molar-refractivity contribution >= 4 is 45.5 Å². The largest absolute Gasteiger partial charge is 0.347 e. The number of anilines is 1. The highest BCUT2D eigenvalue weighted by Gasteiger charge is 2.19. The Kier molecular flexibility index (Phi) is 6.63. The molecule has 0 unspecified atom stereocenters. The van der Waals surface area contributed by atoms with Gasteiger partial charge in [-0.25, -0.2) is 0 Å². The van der Waals surface area contributed by atoms with Gasteiger partial charge in [0.2, 0.25) is 0 Å². The van der Waals surface area contributed by atoms with Crippen molar-refractivity contribution in [1.82, 2.24) is 9.47 Å². The highest BCUT2D eigenvalue weighted by atomic mass is 35.5. The van der Waals surface area contributed by atoms with Crippen LogP contribution in [0, 0.1) is 6.92 Å². The standard InChI is InChI=1S/C23H28ClN3S/c1-5-17(4)27(23(28)25-21-12-11-16(3)13-20(21)24)15-18-14-26(6-2)22-10-8-7-9-19(18)22/h7-14,17H,5-6,15H2,1-4H3,(H,25,28)/t17-/m0/s1. The molecule has 2 aromatic carbocycles. The Morgan fingerprint density at radius 1 is 1.21 bits per heavy atom. The maximum Gasteiger partial charge on any atom is 0.174 e. The van der Waals surface area contributed by atoms with Crippen molar-refractivity contribution < 1.29 is 0 Å². The van der Waals surface area contributed by atoms with Crippen LogP contribution in [0.2, 0.25) is 5.02 Å². The third kappa shape index (κ3) is 4.34. The fraction of sp³-hybridized carbons (Fsp3) is 0.348. The number of aromatic nitrogens is 1. The van der Waals surface area contributed by atoms with Gasteiger partial charge in [0, 0.05) is 36.2 Å². The molecule has 0 bridgehead atoms. The highest BCUT2D eigenvalue weighted by Crippen LogP contribution is 2.26. The minimum Gasteiger partial charge on any atom is -0.347 e. The summed E-state index contributed by atoms with van der Waals surface area (Å²) in [4.78, 5) is 2.26. The average Bonchev–Trinajstić information content (AvgIpc) is 3.05. The Balaban J connectivity index is 1.90. The summed E-state index contributed by atoms with van der Waals surface area (Å²) in [6, 6.07) is 14.9. The van der Waals surface area contributed by atoms with E-state index in [1.54, 1.807) is 0 Å². The topological polar surface area (TPSA) is 20.2 Å².